The number of alkyl halides is 3. The summed E-state index contributed by atoms with van der Waals surface area (Å²) in [6.45, 7) is -0.741. The SMILES string of the molecule is O=S(=O)(c1ccc2c(c1)CCC2)N(CCBr)CC(F)F. The van der Waals surface area contributed by atoms with Gasteiger partial charge in [0.15, 0.2) is 0 Å². The Labute approximate surface area is 126 Å². The van der Waals surface area contributed by atoms with Gasteiger partial charge in [0.25, 0.3) is 6.43 Å². The summed E-state index contributed by atoms with van der Waals surface area (Å²) in [5, 5.41) is 0.323. The number of halogens is 3. The molecule has 1 aromatic rings. The average Bonchev–Trinajstić information content (AvgIpc) is 2.84. The van der Waals surface area contributed by atoms with E-state index < -0.39 is 23.0 Å². The van der Waals surface area contributed by atoms with Crippen LogP contribution >= 0.6 is 15.9 Å². The molecule has 0 atom stereocenters. The van der Waals surface area contributed by atoms with E-state index in [0.29, 0.717) is 5.33 Å². The lowest BCUT2D eigenvalue weighted by Crippen LogP contribution is -2.36. The van der Waals surface area contributed by atoms with Gasteiger partial charge in [-0.1, -0.05) is 22.0 Å². The van der Waals surface area contributed by atoms with Crippen LogP contribution in [0, 0.1) is 0 Å². The zero-order valence-electron chi connectivity index (χ0n) is 10.9. The predicted molar refractivity (Wildman–Crippen MR) is 77.0 cm³/mol. The Kier molecular flexibility index (Phi) is 5.14. The Hall–Kier alpha value is -0.530. The highest BCUT2D eigenvalue weighted by atomic mass is 79.9. The number of aryl methyl sites for hydroxylation is 2. The van der Waals surface area contributed by atoms with E-state index >= 15 is 0 Å². The van der Waals surface area contributed by atoms with Crippen molar-refractivity contribution in [3.05, 3.63) is 29.3 Å². The second-order valence-corrected chi connectivity index (χ2v) is 7.46. The van der Waals surface area contributed by atoms with E-state index in [0.717, 1.165) is 34.7 Å². The van der Waals surface area contributed by atoms with Gasteiger partial charge in [-0.2, -0.15) is 4.31 Å². The Morgan fingerprint density at radius 3 is 2.60 bits per heavy atom. The molecule has 0 amide bonds. The summed E-state index contributed by atoms with van der Waals surface area (Å²) in [5.74, 6) is 0. The number of fused-ring (bicyclic) bond motifs is 1. The Bertz CT molecular complexity index is 578. The Morgan fingerprint density at radius 2 is 1.95 bits per heavy atom. The van der Waals surface area contributed by atoms with Crippen LogP contribution in [0.3, 0.4) is 0 Å². The van der Waals surface area contributed by atoms with Gasteiger partial charge in [-0.05, 0) is 42.5 Å². The molecule has 112 valence electrons. The molecule has 1 aliphatic rings. The van der Waals surface area contributed by atoms with Crippen LogP contribution in [0.5, 0.6) is 0 Å². The molecule has 0 N–H and O–H groups in total. The molecule has 0 bridgehead atoms. The number of sulfonamides is 1. The summed E-state index contributed by atoms with van der Waals surface area (Å²) in [6, 6.07) is 4.94. The number of hydrogen-bond donors (Lipinski definition) is 0. The van der Waals surface area contributed by atoms with E-state index in [2.05, 4.69) is 15.9 Å². The summed E-state index contributed by atoms with van der Waals surface area (Å²) in [4.78, 5) is 0.111. The first-order valence-corrected chi connectivity index (χ1v) is 8.97. The van der Waals surface area contributed by atoms with Crippen LogP contribution in [-0.4, -0.2) is 37.6 Å². The Balaban J connectivity index is 2.32. The van der Waals surface area contributed by atoms with Crippen molar-refractivity contribution in [1.29, 1.82) is 0 Å². The normalized spacial score (nSPS) is 15.1. The molecule has 7 heteroatoms. The lowest BCUT2D eigenvalue weighted by atomic mass is 10.1. The highest BCUT2D eigenvalue weighted by Gasteiger charge is 2.27. The standard InChI is InChI=1S/C13H16BrF2NO2S/c14-6-7-17(9-13(15)16)20(18,19)12-5-4-10-2-1-3-11(10)8-12/h4-5,8,13H,1-3,6-7,9H2. The van der Waals surface area contributed by atoms with Gasteiger partial charge >= 0.3 is 0 Å². The smallest absolute Gasteiger partial charge is 0.209 e. The van der Waals surface area contributed by atoms with Crippen LogP contribution in [0.4, 0.5) is 8.78 Å². The monoisotopic (exact) mass is 367 g/mol. The molecule has 0 heterocycles. The van der Waals surface area contributed by atoms with Crippen molar-refractivity contribution in [1.82, 2.24) is 4.31 Å². The number of hydrogen-bond acceptors (Lipinski definition) is 2. The van der Waals surface area contributed by atoms with Crippen molar-refractivity contribution in [2.45, 2.75) is 30.6 Å². The molecule has 0 radical (unpaired) electrons. The van der Waals surface area contributed by atoms with Gasteiger partial charge in [-0.25, -0.2) is 17.2 Å². The van der Waals surface area contributed by atoms with Gasteiger partial charge < -0.3 is 0 Å². The maximum absolute atomic E-state index is 12.6. The topological polar surface area (TPSA) is 37.4 Å². The molecule has 1 aliphatic carbocycles. The van der Waals surface area contributed by atoms with Gasteiger partial charge in [-0.3, -0.25) is 0 Å². The van der Waals surface area contributed by atoms with Gasteiger partial charge in [0.1, 0.15) is 0 Å². The molecule has 0 spiro atoms. The predicted octanol–water partition coefficient (Wildman–Crippen LogP) is 2.83. The molecular formula is C13H16BrF2NO2S. The summed E-state index contributed by atoms with van der Waals surface area (Å²) >= 11 is 3.10. The zero-order valence-corrected chi connectivity index (χ0v) is 13.3. The van der Waals surface area contributed by atoms with Crippen LogP contribution in [0.15, 0.2) is 23.1 Å². The fourth-order valence-electron chi connectivity index (χ4n) is 2.42. The summed E-state index contributed by atoms with van der Waals surface area (Å²) in [7, 11) is -3.86. The van der Waals surface area contributed by atoms with Crippen molar-refractivity contribution in [3.63, 3.8) is 0 Å². The quantitative estimate of drug-likeness (QED) is 0.725. The van der Waals surface area contributed by atoms with Crippen LogP contribution < -0.4 is 0 Å². The summed E-state index contributed by atoms with van der Waals surface area (Å²) in [6.07, 6.45) is 0.142. The average molecular weight is 368 g/mol. The minimum atomic E-state index is -3.86. The molecule has 2 rings (SSSR count). The van der Waals surface area contributed by atoms with Crippen molar-refractivity contribution in [2.75, 3.05) is 18.4 Å². The highest BCUT2D eigenvalue weighted by Crippen LogP contribution is 2.26. The fraction of sp³-hybridized carbons (Fsp3) is 0.538. The van der Waals surface area contributed by atoms with Crippen molar-refractivity contribution >= 4 is 26.0 Å². The molecule has 0 fully saturated rings. The third kappa shape index (κ3) is 3.38. The maximum atomic E-state index is 12.6. The molecule has 0 aromatic heterocycles. The largest absolute Gasteiger partial charge is 0.252 e. The van der Waals surface area contributed by atoms with E-state index in [1.165, 1.54) is 6.07 Å². The minimum Gasteiger partial charge on any atom is -0.209 e. The highest BCUT2D eigenvalue weighted by molar-refractivity contribution is 9.09. The molecule has 1 aromatic carbocycles. The molecule has 0 aliphatic heterocycles. The van der Waals surface area contributed by atoms with E-state index in [9.17, 15) is 17.2 Å². The number of rotatable bonds is 6. The first-order valence-electron chi connectivity index (χ1n) is 6.41. The summed E-state index contributed by atoms with van der Waals surface area (Å²) < 4.78 is 50.8. The van der Waals surface area contributed by atoms with Crippen LogP contribution in [0.25, 0.3) is 0 Å². The van der Waals surface area contributed by atoms with Crippen molar-refractivity contribution in [2.24, 2.45) is 0 Å². The van der Waals surface area contributed by atoms with E-state index in [1.54, 1.807) is 12.1 Å². The maximum Gasteiger partial charge on any atom is 0.252 e. The minimum absolute atomic E-state index is 0.0315. The third-order valence-corrected chi connectivity index (χ3v) is 5.60. The number of nitrogens with zero attached hydrogens (tertiary/aromatic N) is 1. The second kappa shape index (κ2) is 6.49. The van der Waals surface area contributed by atoms with Crippen LogP contribution in [0.1, 0.15) is 17.5 Å². The van der Waals surface area contributed by atoms with E-state index in [1.807, 2.05) is 0 Å². The van der Waals surface area contributed by atoms with Crippen LogP contribution in [-0.2, 0) is 22.9 Å². The zero-order chi connectivity index (χ0) is 14.8. The first kappa shape index (κ1) is 15.9. The van der Waals surface area contributed by atoms with Gasteiger partial charge in [0.05, 0.1) is 11.4 Å². The lowest BCUT2D eigenvalue weighted by molar-refractivity contribution is 0.121. The molecule has 0 saturated carbocycles. The second-order valence-electron chi connectivity index (χ2n) is 4.73. The Morgan fingerprint density at radius 1 is 1.25 bits per heavy atom. The molecule has 3 nitrogen and oxygen atoms in total. The molecule has 20 heavy (non-hydrogen) atoms. The molecule has 0 saturated heterocycles. The summed E-state index contributed by atoms with van der Waals surface area (Å²) in [5.41, 5.74) is 2.17. The number of benzene rings is 1. The van der Waals surface area contributed by atoms with E-state index in [-0.39, 0.29) is 11.4 Å². The lowest BCUT2D eigenvalue weighted by Gasteiger charge is -2.21. The van der Waals surface area contributed by atoms with E-state index in [4.69, 9.17) is 0 Å². The van der Waals surface area contributed by atoms with Gasteiger partial charge in [0.2, 0.25) is 10.0 Å². The van der Waals surface area contributed by atoms with Gasteiger partial charge in [0, 0.05) is 11.9 Å². The molecular weight excluding hydrogens is 352 g/mol. The third-order valence-electron chi connectivity index (χ3n) is 3.38. The fourth-order valence-corrected chi connectivity index (χ4v) is 4.55. The van der Waals surface area contributed by atoms with Gasteiger partial charge in [-0.15, -0.1) is 0 Å². The first-order chi connectivity index (χ1) is 9.45. The molecule has 0 unspecified atom stereocenters. The van der Waals surface area contributed by atoms with Crippen molar-refractivity contribution in [3.8, 4) is 0 Å². The van der Waals surface area contributed by atoms with Crippen LogP contribution in [0.2, 0.25) is 0 Å². The van der Waals surface area contributed by atoms with Crippen molar-refractivity contribution < 1.29 is 17.2 Å².